The number of fused-ring (bicyclic) bond motifs is 1. The molecule has 2 rings (SSSR count). The van der Waals surface area contributed by atoms with Gasteiger partial charge in [-0.15, -0.1) is 0 Å². The third-order valence-electron chi connectivity index (χ3n) is 2.90. The molecule has 76 valence electrons. The van der Waals surface area contributed by atoms with Crippen LogP contribution in [-0.4, -0.2) is 13.7 Å². The van der Waals surface area contributed by atoms with Crippen molar-refractivity contribution in [2.75, 3.05) is 13.7 Å². The van der Waals surface area contributed by atoms with Gasteiger partial charge in [-0.25, -0.2) is 0 Å². The average molecular weight is 255 g/mol. The molecular formula is C12H15BrO. The van der Waals surface area contributed by atoms with E-state index in [9.17, 15) is 0 Å². The number of halogens is 1. The Morgan fingerprint density at radius 3 is 3.07 bits per heavy atom. The Hall–Kier alpha value is -0.340. The zero-order valence-corrected chi connectivity index (χ0v) is 10.0. The van der Waals surface area contributed by atoms with E-state index in [4.69, 9.17) is 4.74 Å². The Balaban J connectivity index is 2.15. The topological polar surface area (TPSA) is 9.23 Å². The zero-order chi connectivity index (χ0) is 9.97. The molecular weight excluding hydrogens is 240 g/mol. The van der Waals surface area contributed by atoms with Gasteiger partial charge in [0.05, 0.1) is 0 Å². The quantitative estimate of drug-likeness (QED) is 0.788. The van der Waals surface area contributed by atoms with Crippen molar-refractivity contribution in [2.24, 2.45) is 5.92 Å². The second-order valence-electron chi connectivity index (χ2n) is 3.98. The van der Waals surface area contributed by atoms with Crippen molar-refractivity contribution >= 4 is 15.9 Å². The number of methoxy groups -OCH3 is 1. The summed E-state index contributed by atoms with van der Waals surface area (Å²) in [5.74, 6) is 0.716. The lowest BCUT2D eigenvalue weighted by atomic mass is 9.84. The fourth-order valence-corrected chi connectivity index (χ4v) is 2.59. The van der Waals surface area contributed by atoms with E-state index in [1.54, 1.807) is 7.11 Å². The Bertz CT molecular complexity index is 322. The van der Waals surface area contributed by atoms with Crippen LogP contribution in [0.4, 0.5) is 0 Å². The number of benzene rings is 1. The maximum Gasteiger partial charge on any atom is 0.0493 e. The minimum absolute atomic E-state index is 0.716. The molecule has 0 aromatic heterocycles. The van der Waals surface area contributed by atoms with E-state index in [0.29, 0.717) is 5.92 Å². The highest BCUT2D eigenvalue weighted by Crippen LogP contribution is 2.27. The predicted molar refractivity (Wildman–Crippen MR) is 61.5 cm³/mol. The zero-order valence-electron chi connectivity index (χ0n) is 8.42. The van der Waals surface area contributed by atoms with Crippen molar-refractivity contribution in [3.63, 3.8) is 0 Å². The fraction of sp³-hybridized carbons (Fsp3) is 0.500. The van der Waals surface area contributed by atoms with Crippen LogP contribution in [0.1, 0.15) is 17.5 Å². The van der Waals surface area contributed by atoms with Gasteiger partial charge in [-0.3, -0.25) is 0 Å². The molecule has 1 aliphatic rings. The van der Waals surface area contributed by atoms with Crippen LogP contribution in [0.3, 0.4) is 0 Å². The standard InChI is InChI=1S/C12H15BrO/c1-14-8-9-2-3-11-7-12(13)5-4-10(11)6-9/h4-5,7,9H,2-3,6,8H2,1H3. The normalized spacial score (nSPS) is 20.6. The van der Waals surface area contributed by atoms with Gasteiger partial charge in [-0.05, 0) is 48.4 Å². The van der Waals surface area contributed by atoms with Gasteiger partial charge >= 0.3 is 0 Å². The Labute approximate surface area is 93.6 Å². The highest BCUT2D eigenvalue weighted by Gasteiger charge is 2.18. The van der Waals surface area contributed by atoms with E-state index in [2.05, 4.69) is 34.1 Å². The molecule has 0 aliphatic heterocycles. The molecule has 0 fully saturated rings. The molecule has 0 N–H and O–H groups in total. The third kappa shape index (κ3) is 2.18. The van der Waals surface area contributed by atoms with E-state index in [-0.39, 0.29) is 0 Å². The summed E-state index contributed by atoms with van der Waals surface area (Å²) in [6.07, 6.45) is 3.64. The van der Waals surface area contributed by atoms with Gasteiger partial charge in [0.25, 0.3) is 0 Å². The SMILES string of the molecule is COCC1CCc2cc(Br)ccc2C1. The van der Waals surface area contributed by atoms with E-state index >= 15 is 0 Å². The molecule has 2 heteroatoms. The van der Waals surface area contributed by atoms with Gasteiger partial charge in [0.15, 0.2) is 0 Å². The summed E-state index contributed by atoms with van der Waals surface area (Å²) in [5.41, 5.74) is 3.01. The molecule has 1 unspecified atom stereocenters. The van der Waals surface area contributed by atoms with E-state index in [1.807, 2.05) is 0 Å². The minimum atomic E-state index is 0.716. The number of hydrogen-bond acceptors (Lipinski definition) is 1. The molecule has 0 spiro atoms. The monoisotopic (exact) mass is 254 g/mol. The molecule has 0 bridgehead atoms. The summed E-state index contributed by atoms with van der Waals surface area (Å²) in [7, 11) is 1.79. The first-order valence-corrected chi connectivity index (χ1v) is 5.85. The van der Waals surface area contributed by atoms with Crippen LogP contribution in [0.5, 0.6) is 0 Å². The maximum absolute atomic E-state index is 5.21. The van der Waals surface area contributed by atoms with Crippen molar-refractivity contribution in [3.05, 3.63) is 33.8 Å². The number of hydrogen-bond donors (Lipinski definition) is 0. The summed E-state index contributed by atoms with van der Waals surface area (Å²) in [5, 5.41) is 0. The molecule has 1 nitrogen and oxygen atoms in total. The van der Waals surface area contributed by atoms with Gasteiger partial charge in [0.1, 0.15) is 0 Å². The first kappa shape index (κ1) is 10.2. The van der Waals surface area contributed by atoms with Gasteiger partial charge in [0.2, 0.25) is 0 Å². The highest BCUT2D eigenvalue weighted by atomic mass is 79.9. The Morgan fingerprint density at radius 1 is 1.43 bits per heavy atom. The molecule has 0 amide bonds. The maximum atomic E-state index is 5.21. The first-order chi connectivity index (χ1) is 6.79. The molecule has 0 radical (unpaired) electrons. The van der Waals surface area contributed by atoms with Gasteiger partial charge in [-0.1, -0.05) is 22.0 Å². The average Bonchev–Trinajstić information content (AvgIpc) is 2.19. The van der Waals surface area contributed by atoms with Crippen molar-refractivity contribution in [1.82, 2.24) is 0 Å². The van der Waals surface area contributed by atoms with Crippen LogP contribution in [0.2, 0.25) is 0 Å². The van der Waals surface area contributed by atoms with Crippen molar-refractivity contribution in [3.8, 4) is 0 Å². The van der Waals surface area contributed by atoms with Crippen molar-refractivity contribution < 1.29 is 4.74 Å². The van der Waals surface area contributed by atoms with Crippen LogP contribution < -0.4 is 0 Å². The Morgan fingerprint density at radius 2 is 2.29 bits per heavy atom. The van der Waals surface area contributed by atoms with Gasteiger partial charge < -0.3 is 4.74 Å². The van der Waals surface area contributed by atoms with Crippen molar-refractivity contribution in [1.29, 1.82) is 0 Å². The van der Waals surface area contributed by atoms with Crippen LogP contribution in [0.15, 0.2) is 22.7 Å². The molecule has 1 aromatic carbocycles. The molecule has 0 saturated heterocycles. The van der Waals surface area contributed by atoms with E-state index < -0.39 is 0 Å². The highest BCUT2D eigenvalue weighted by molar-refractivity contribution is 9.10. The lowest BCUT2D eigenvalue weighted by Gasteiger charge is -2.24. The molecule has 1 atom stereocenters. The molecule has 1 aromatic rings. The molecule has 0 heterocycles. The second kappa shape index (κ2) is 4.45. The van der Waals surface area contributed by atoms with Crippen LogP contribution >= 0.6 is 15.9 Å². The van der Waals surface area contributed by atoms with Crippen LogP contribution in [0, 0.1) is 5.92 Å². The molecule has 14 heavy (non-hydrogen) atoms. The summed E-state index contributed by atoms with van der Waals surface area (Å²) in [6.45, 7) is 0.898. The lowest BCUT2D eigenvalue weighted by molar-refractivity contribution is 0.145. The summed E-state index contributed by atoms with van der Waals surface area (Å²) in [4.78, 5) is 0. The Kier molecular flexibility index (Phi) is 3.24. The largest absolute Gasteiger partial charge is 0.384 e. The molecule has 0 saturated carbocycles. The number of ether oxygens (including phenoxy) is 1. The van der Waals surface area contributed by atoms with Crippen molar-refractivity contribution in [2.45, 2.75) is 19.3 Å². The van der Waals surface area contributed by atoms with Crippen LogP contribution in [-0.2, 0) is 17.6 Å². The van der Waals surface area contributed by atoms with Crippen LogP contribution in [0.25, 0.3) is 0 Å². The predicted octanol–water partition coefficient (Wildman–Crippen LogP) is 3.20. The second-order valence-corrected chi connectivity index (χ2v) is 4.89. The number of rotatable bonds is 2. The lowest BCUT2D eigenvalue weighted by Crippen LogP contribution is -2.18. The first-order valence-electron chi connectivity index (χ1n) is 5.06. The third-order valence-corrected chi connectivity index (χ3v) is 3.39. The van der Waals surface area contributed by atoms with E-state index in [1.165, 1.54) is 34.9 Å². The summed E-state index contributed by atoms with van der Waals surface area (Å²) < 4.78 is 6.41. The van der Waals surface area contributed by atoms with Gasteiger partial charge in [-0.2, -0.15) is 0 Å². The smallest absolute Gasteiger partial charge is 0.0493 e. The fourth-order valence-electron chi connectivity index (χ4n) is 2.18. The van der Waals surface area contributed by atoms with Gasteiger partial charge in [0, 0.05) is 18.2 Å². The summed E-state index contributed by atoms with van der Waals surface area (Å²) in [6, 6.07) is 6.62. The minimum Gasteiger partial charge on any atom is -0.384 e. The number of aryl methyl sites for hydroxylation is 1. The summed E-state index contributed by atoms with van der Waals surface area (Å²) >= 11 is 3.51. The van der Waals surface area contributed by atoms with E-state index in [0.717, 1.165) is 6.61 Å². The molecule has 1 aliphatic carbocycles.